The van der Waals surface area contributed by atoms with Crippen LogP contribution in [0.25, 0.3) is 27.7 Å². The quantitative estimate of drug-likeness (QED) is 0.193. The van der Waals surface area contributed by atoms with Gasteiger partial charge in [0.15, 0.2) is 0 Å². The van der Waals surface area contributed by atoms with E-state index in [1.54, 1.807) is 31.4 Å². The number of benzene rings is 3. The summed E-state index contributed by atoms with van der Waals surface area (Å²) in [6.07, 6.45) is 0.568. The van der Waals surface area contributed by atoms with E-state index in [1.165, 1.54) is 12.1 Å². The lowest BCUT2D eigenvalue weighted by Gasteiger charge is -2.28. The van der Waals surface area contributed by atoms with Crippen molar-refractivity contribution in [3.05, 3.63) is 83.3 Å². The lowest BCUT2D eigenvalue weighted by molar-refractivity contribution is -0.120. The number of fused-ring (bicyclic) bond motifs is 1. The number of methoxy groups -OCH3 is 1. The number of halogens is 1. The van der Waals surface area contributed by atoms with Gasteiger partial charge in [-0.1, -0.05) is 26.0 Å². The second kappa shape index (κ2) is 11.2. The van der Waals surface area contributed by atoms with Gasteiger partial charge in [0.25, 0.3) is 5.91 Å². The molecule has 2 amide bonds. The van der Waals surface area contributed by atoms with Gasteiger partial charge in [0.1, 0.15) is 11.9 Å². The minimum absolute atomic E-state index is 0.165. The predicted octanol–water partition coefficient (Wildman–Crippen LogP) is 5.31. The molecule has 4 aromatic rings. The third-order valence-corrected chi connectivity index (χ3v) is 7.53. The van der Waals surface area contributed by atoms with E-state index in [0.717, 1.165) is 44.7 Å². The minimum atomic E-state index is -0.523. The summed E-state index contributed by atoms with van der Waals surface area (Å²) in [5.41, 5.74) is 9.35. The number of amides is 2. The van der Waals surface area contributed by atoms with Crippen molar-refractivity contribution >= 4 is 35.1 Å². The van der Waals surface area contributed by atoms with Crippen LogP contribution in [0.1, 0.15) is 41.9 Å². The topological polar surface area (TPSA) is 96.8 Å². The van der Waals surface area contributed by atoms with E-state index >= 15 is 0 Å². The van der Waals surface area contributed by atoms with Gasteiger partial charge in [-0.25, -0.2) is 4.39 Å². The fourth-order valence-electron chi connectivity index (χ4n) is 5.63. The molecule has 3 aromatic carbocycles. The smallest absolute Gasteiger partial charge is 0.251 e. The number of hydrogen-bond donors (Lipinski definition) is 3. The van der Waals surface area contributed by atoms with Crippen molar-refractivity contribution in [3.63, 3.8) is 0 Å². The number of carbonyl (C=O) groups excluding carboxylic acids is 2. The maximum Gasteiger partial charge on any atom is 0.251 e. The molecule has 1 aromatic heterocycles. The maximum absolute atomic E-state index is 14.0. The van der Waals surface area contributed by atoms with Gasteiger partial charge in [0, 0.05) is 53.7 Å². The molecule has 9 heteroatoms. The molecule has 41 heavy (non-hydrogen) atoms. The highest BCUT2D eigenvalue weighted by Gasteiger charge is 2.33. The van der Waals surface area contributed by atoms with Crippen LogP contribution in [0.3, 0.4) is 0 Å². The first-order valence-corrected chi connectivity index (χ1v) is 13.5. The van der Waals surface area contributed by atoms with E-state index in [-0.39, 0.29) is 17.6 Å². The van der Waals surface area contributed by atoms with Crippen LogP contribution in [0.2, 0.25) is 0 Å². The number of carbonyl (C=O) groups is 2. The summed E-state index contributed by atoms with van der Waals surface area (Å²) < 4.78 is 21.8. The summed E-state index contributed by atoms with van der Waals surface area (Å²) >= 11 is 0. The van der Waals surface area contributed by atoms with Crippen LogP contribution in [0.15, 0.2) is 65.8 Å². The zero-order chi connectivity index (χ0) is 29.3. The number of aryl methyl sites for hydroxylation is 1. The molecule has 1 atom stereocenters. The van der Waals surface area contributed by atoms with Crippen LogP contribution in [-0.4, -0.2) is 49.4 Å². The van der Waals surface area contributed by atoms with Gasteiger partial charge in [-0.3, -0.25) is 15.0 Å². The monoisotopic (exact) mass is 555 g/mol. The zero-order valence-electron chi connectivity index (χ0n) is 23.7. The third kappa shape index (κ3) is 5.32. The number of nitrogens with one attached hydrogen (secondary N) is 3. The molecule has 0 bridgehead atoms. The van der Waals surface area contributed by atoms with E-state index in [2.05, 4.69) is 52.4 Å². The summed E-state index contributed by atoms with van der Waals surface area (Å²) in [4.78, 5) is 24.9. The molecule has 0 aliphatic carbocycles. The van der Waals surface area contributed by atoms with Crippen LogP contribution >= 0.6 is 0 Å². The lowest BCUT2D eigenvalue weighted by atomic mass is 9.84. The summed E-state index contributed by atoms with van der Waals surface area (Å²) in [5.74, 6) is -0.777. The van der Waals surface area contributed by atoms with E-state index < -0.39 is 11.5 Å². The van der Waals surface area contributed by atoms with Crippen molar-refractivity contribution in [2.24, 2.45) is 5.10 Å². The van der Waals surface area contributed by atoms with Crippen molar-refractivity contribution in [2.75, 3.05) is 25.7 Å². The summed E-state index contributed by atoms with van der Waals surface area (Å²) in [5, 5.41) is 10.4. The van der Waals surface area contributed by atoms with Gasteiger partial charge in [-0.05, 0) is 73.0 Å². The van der Waals surface area contributed by atoms with Crippen molar-refractivity contribution in [1.82, 2.24) is 15.2 Å². The summed E-state index contributed by atoms with van der Waals surface area (Å²) in [7, 11) is 1.67. The molecule has 1 aliphatic heterocycles. The summed E-state index contributed by atoms with van der Waals surface area (Å²) in [6, 6.07) is 17.4. The molecule has 0 unspecified atom stereocenters. The van der Waals surface area contributed by atoms with E-state index in [1.807, 2.05) is 25.1 Å². The number of ether oxygens (including phenoxy) is 1. The highest BCUT2D eigenvalue weighted by atomic mass is 19.1. The van der Waals surface area contributed by atoms with Crippen molar-refractivity contribution in [1.29, 1.82) is 0 Å². The first-order chi connectivity index (χ1) is 19.6. The Balaban J connectivity index is 1.73. The third-order valence-electron chi connectivity index (χ3n) is 7.53. The Kier molecular flexibility index (Phi) is 7.64. The molecule has 5 rings (SSSR count). The van der Waals surface area contributed by atoms with Crippen LogP contribution in [0, 0.1) is 12.7 Å². The Morgan fingerprint density at radius 3 is 2.49 bits per heavy atom. The highest BCUT2D eigenvalue weighted by molar-refractivity contribution is 6.03. The Hall–Kier alpha value is -4.50. The molecule has 2 heterocycles. The molecule has 1 aliphatic rings. The van der Waals surface area contributed by atoms with Gasteiger partial charge in [-0.2, -0.15) is 5.10 Å². The van der Waals surface area contributed by atoms with Crippen LogP contribution in [0.5, 0.6) is 0 Å². The molecule has 1 saturated heterocycles. The van der Waals surface area contributed by atoms with Gasteiger partial charge < -0.3 is 19.9 Å². The van der Waals surface area contributed by atoms with Gasteiger partial charge in [0.05, 0.1) is 17.8 Å². The fraction of sp³-hybridized carbons (Fsp3) is 0.281. The van der Waals surface area contributed by atoms with Crippen molar-refractivity contribution < 1.29 is 18.7 Å². The lowest BCUT2D eigenvalue weighted by Crippen LogP contribution is -2.40. The van der Waals surface area contributed by atoms with E-state index in [4.69, 9.17) is 4.74 Å². The van der Waals surface area contributed by atoms with Gasteiger partial charge >= 0.3 is 0 Å². The molecule has 0 radical (unpaired) electrons. The normalized spacial score (nSPS) is 15.1. The molecular formula is C32H34FN5O3. The maximum atomic E-state index is 14.0. The molecular weight excluding hydrogens is 521 g/mol. The number of rotatable bonds is 9. The molecule has 8 nitrogen and oxygen atoms in total. The van der Waals surface area contributed by atoms with Crippen LogP contribution < -0.4 is 16.1 Å². The second-order valence-electron chi connectivity index (χ2n) is 11.0. The van der Waals surface area contributed by atoms with E-state index in [0.29, 0.717) is 25.1 Å². The average molecular weight is 556 g/mol. The van der Waals surface area contributed by atoms with E-state index in [9.17, 15) is 14.0 Å². The second-order valence-corrected chi connectivity index (χ2v) is 11.0. The molecule has 0 spiro atoms. The molecule has 212 valence electrons. The number of nitrogens with zero attached hydrogens (tertiary/aromatic N) is 2. The highest BCUT2D eigenvalue weighted by Crippen LogP contribution is 2.44. The van der Waals surface area contributed by atoms with Gasteiger partial charge in [0.2, 0.25) is 5.91 Å². The van der Waals surface area contributed by atoms with Crippen LogP contribution in [0.4, 0.5) is 10.1 Å². The Labute approximate surface area is 238 Å². The largest absolute Gasteiger partial charge is 0.384 e. The predicted molar refractivity (Wildman–Crippen MR) is 160 cm³/mol. The molecule has 1 fully saturated rings. The van der Waals surface area contributed by atoms with Gasteiger partial charge in [-0.15, -0.1) is 0 Å². The first kappa shape index (κ1) is 28.0. The SMILES string of the molecule is C=NNc1cc2c(-c3ccc(C(=O)N[C@@H]4CCNC4=O)cc3)c(C(C)(C)COC)n(-c3ccc(F)cc3)c2cc1C. The molecule has 3 N–H and O–H groups in total. The number of aromatic nitrogens is 1. The number of hydrazone groups is 1. The Bertz CT molecular complexity index is 1620. The Morgan fingerprint density at radius 2 is 1.88 bits per heavy atom. The number of hydrogen-bond acceptors (Lipinski definition) is 5. The Morgan fingerprint density at radius 1 is 1.17 bits per heavy atom. The molecule has 0 saturated carbocycles. The standard InChI is InChI=1S/C32H34FN5O3/c1-19-16-27-24(17-26(19)37-34-4)28(20-6-8-21(9-7-20)30(39)36-25-14-15-35-31(25)40)29(32(2,3)18-41-5)38(27)23-12-10-22(33)11-13-23/h6-13,16-17,25,37H,4,14-15,18H2,1-3,5H3,(H,35,40)(H,36,39)/t25-/m1/s1. The first-order valence-electron chi connectivity index (χ1n) is 13.5. The zero-order valence-corrected chi connectivity index (χ0v) is 23.7. The van der Waals surface area contributed by atoms with Crippen molar-refractivity contribution in [3.8, 4) is 16.8 Å². The minimum Gasteiger partial charge on any atom is -0.384 e. The fourth-order valence-corrected chi connectivity index (χ4v) is 5.63. The average Bonchev–Trinajstić information content (AvgIpc) is 3.50. The summed E-state index contributed by atoms with van der Waals surface area (Å²) in [6.45, 7) is 10.8. The van der Waals surface area contributed by atoms with Crippen molar-refractivity contribution in [2.45, 2.75) is 38.6 Å². The number of anilines is 1. The van der Waals surface area contributed by atoms with Crippen LogP contribution in [-0.2, 0) is 14.9 Å².